The summed E-state index contributed by atoms with van der Waals surface area (Å²) in [5.41, 5.74) is 1.40. The molecule has 0 amide bonds. The van der Waals surface area contributed by atoms with Crippen LogP contribution in [-0.4, -0.2) is 35.6 Å². The van der Waals surface area contributed by atoms with Gasteiger partial charge in [0.2, 0.25) is 0 Å². The second-order valence-electron chi connectivity index (χ2n) is 6.45. The molecule has 0 bridgehead atoms. The van der Waals surface area contributed by atoms with Crippen LogP contribution in [0, 0.1) is 0 Å². The van der Waals surface area contributed by atoms with Crippen LogP contribution in [0.2, 0.25) is 0 Å². The van der Waals surface area contributed by atoms with E-state index < -0.39 is 0 Å². The number of nitrogens with one attached hydrogen (secondary N) is 1. The van der Waals surface area contributed by atoms with Crippen molar-refractivity contribution in [1.82, 2.24) is 15.2 Å². The van der Waals surface area contributed by atoms with E-state index in [-0.39, 0.29) is 5.41 Å². The number of thiazole rings is 1. The van der Waals surface area contributed by atoms with Crippen molar-refractivity contribution in [2.45, 2.75) is 58.5 Å². The van der Waals surface area contributed by atoms with Crippen LogP contribution < -0.4 is 5.32 Å². The Morgan fingerprint density at radius 2 is 2.26 bits per heavy atom. The first kappa shape index (κ1) is 14.9. The molecule has 1 aliphatic heterocycles. The average molecular weight is 281 g/mol. The van der Waals surface area contributed by atoms with Crippen molar-refractivity contribution in [1.29, 1.82) is 0 Å². The van der Waals surface area contributed by atoms with E-state index in [0.717, 1.165) is 19.6 Å². The van der Waals surface area contributed by atoms with E-state index in [1.54, 1.807) is 0 Å². The summed E-state index contributed by atoms with van der Waals surface area (Å²) in [6.45, 7) is 13.3. The van der Waals surface area contributed by atoms with Crippen molar-refractivity contribution in [3.63, 3.8) is 0 Å². The molecule has 0 aromatic carbocycles. The summed E-state index contributed by atoms with van der Waals surface area (Å²) < 4.78 is 0. The zero-order valence-electron chi connectivity index (χ0n) is 12.7. The van der Waals surface area contributed by atoms with Gasteiger partial charge in [0.15, 0.2) is 0 Å². The zero-order chi connectivity index (χ0) is 13.9. The highest BCUT2D eigenvalue weighted by Crippen LogP contribution is 2.26. The Morgan fingerprint density at radius 3 is 2.89 bits per heavy atom. The minimum Gasteiger partial charge on any atom is -0.315 e. The number of nitrogens with zero attached hydrogens (tertiary/aromatic N) is 2. The van der Waals surface area contributed by atoms with E-state index in [9.17, 15) is 0 Å². The molecule has 0 spiro atoms. The molecule has 1 N–H and O–H groups in total. The van der Waals surface area contributed by atoms with Gasteiger partial charge in [-0.1, -0.05) is 27.7 Å². The van der Waals surface area contributed by atoms with Crippen LogP contribution in [-0.2, 0) is 12.0 Å². The molecule has 1 aromatic rings. The van der Waals surface area contributed by atoms with Gasteiger partial charge in [-0.2, -0.15) is 0 Å². The highest BCUT2D eigenvalue weighted by Gasteiger charge is 2.25. The van der Waals surface area contributed by atoms with Crippen LogP contribution in [0.1, 0.15) is 51.2 Å². The topological polar surface area (TPSA) is 28.2 Å². The fraction of sp³-hybridized carbons (Fsp3) is 0.800. The SMILES string of the molecule is CCNCC1CCCN1Cc1nc(C(C)(C)C)cs1. The van der Waals surface area contributed by atoms with Crippen LogP contribution >= 0.6 is 11.3 Å². The van der Waals surface area contributed by atoms with E-state index in [1.165, 1.54) is 30.1 Å². The van der Waals surface area contributed by atoms with E-state index in [1.807, 2.05) is 11.3 Å². The van der Waals surface area contributed by atoms with Crippen molar-refractivity contribution in [2.24, 2.45) is 0 Å². The van der Waals surface area contributed by atoms with Crippen molar-refractivity contribution in [2.75, 3.05) is 19.6 Å². The lowest BCUT2D eigenvalue weighted by atomic mass is 9.93. The summed E-state index contributed by atoms with van der Waals surface area (Å²) in [6, 6.07) is 0.696. The lowest BCUT2D eigenvalue weighted by molar-refractivity contribution is 0.239. The molecule has 1 fully saturated rings. The largest absolute Gasteiger partial charge is 0.315 e. The number of aromatic nitrogens is 1. The molecule has 1 atom stereocenters. The molecule has 4 heteroatoms. The summed E-state index contributed by atoms with van der Waals surface area (Å²) in [7, 11) is 0. The minimum absolute atomic E-state index is 0.170. The molecule has 1 aromatic heterocycles. The van der Waals surface area contributed by atoms with Gasteiger partial charge in [0, 0.05) is 23.4 Å². The maximum Gasteiger partial charge on any atom is 0.107 e. The van der Waals surface area contributed by atoms with Gasteiger partial charge in [0.1, 0.15) is 5.01 Å². The maximum absolute atomic E-state index is 4.82. The minimum atomic E-state index is 0.170. The van der Waals surface area contributed by atoms with Gasteiger partial charge in [-0.15, -0.1) is 11.3 Å². The second-order valence-corrected chi connectivity index (χ2v) is 7.39. The fourth-order valence-electron chi connectivity index (χ4n) is 2.55. The molecule has 3 nitrogen and oxygen atoms in total. The number of likely N-dealkylation sites (tertiary alicyclic amines) is 1. The Hall–Kier alpha value is -0.450. The Morgan fingerprint density at radius 1 is 1.47 bits per heavy atom. The maximum atomic E-state index is 4.82. The first-order valence-corrected chi connectivity index (χ1v) is 8.28. The number of hydrogen-bond donors (Lipinski definition) is 1. The lowest BCUT2D eigenvalue weighted by Gasteiger charge is -2.23. The molecule has 0 radical (unpaired) electrons. The molecule has 2 rings (SSSR count). The van der Waals surface area contributed by atoms with Crippen LogP contribution in [0.3, 0.4) is 0 Å². The predicted molar refractivity (Wildman–Crippen MR) is 82.8 cm³/mol. The number of rotatable bonds is 5. The van der Waals surface area contributed by atoms with Gasteiger partial charge in [0.25, 0.3) is 0 Å². The molecule has 19 heavy (non-hydrogen) atoms. The van der Waals surface area contributed by atoms with Crippen LogP contribution in [0.15, 0.2) is 5.38 Å². The van der Waals surface area contributed by atoms with E-state index in [4.69, 9.17) is 4.98 Å². The normalized spacial score (nSPS) is 21.2. The van der Waals surface area contributed by atoms with Crippen LogP contribution in [0.4, 0.5) is 0 Å². The van der Waals surface area contributed by atoms with E-state index in [2.05, 4.69) is 43.3 Å². The Labute approximate surface area is 121 Å². The Bertz CT molecular complexity index is 394. The van der Waals surface area contributed by atoms with Gasteiger partial charge in [0.05, 0.1) is 12.2 Å². The van der Waals surface area contributed by atoms with Crippen molar-refractivity contribution < 1.29 is 0 Å². The molecule has 1 aliphatic rings. The van der Waals surface area contributed by atoms with Crippen molar-refractivity contribution >= 4 is 11.3 Å². The molecule has 108 valence electrons. The molecule has 0 aliphatic carbocycles. The lowest BCUT2D eigenvalue weighted by Crippen LogP contribution is -2.37. The second kappa shape index (κ2) is 6.33. The third kappa shape index (κ3) is 4.01. The summed E-state index contributed by atoms with van der Waals surface area (Å²) >= 11 is 1.82. The van der Waals surface area contributed by atoms with Gasteiger partial charge in [-0.25, -0.2) is 4.98 Å². The Balaban J connectivity index is 1.94. The molecular formula is C15H27N3S. The summed E-state index contributed by atoms with van der Waals surface area (Å²) in [4.78, 5) is 7.41. The number of likely N-dealkylation sites (N-methyl/N-ethyl adjacent to an activating group) is 1. The number of hydrogen-bond acceptors (Lipinski definition) is 4. The summed E-state index contributed by atoms with van der Waals surface area (Å²) in [5.74, 6) is 0. The van der Waals surface area contributed by atoms with Gasteiger partial charge in [-0.05, 0) is 25.9 Å². The third-order valence-electron chi connectivity index (χ3n) is 3.79. The quantitative estimate of drug-likeness (QED) is 0.899. The average Bonchev–Trinajstić information content (AvgIpc) is 2.95. The van der Waals surface area contributed by atoms with Crippen molar-refractivity contribution in [3.05, 3.63) is 16.1 Å². The molecule has 0 saturated carbocycles. The first-order valence-electron chi connectivity index (χ1n) is 7.40. The highest BCUT2D eigenvalue weighted by atomic mass is 32.1. The van der Waals surface area contributed by atoms with Crippen LogP contribution in [0.5, 0.6) is 0 Å². The van der Waals surface area contributed by atoms with Gasteiger partial charge >= 0.3 is 0 Å². The van der Waals surface area contributed by atoms with Gasteiger partial charge in [-0.3, -0.25) is 4.90 Å². The smallest absolute Gasteiger partial charge is 0.107 e. The summed E-state index contributed by atoms with van der Waals surface area (Å²) in [6.07, 6.45) is 2.65. The third-order valence-corrected chi connectivity index (χ3v) is 4.62. The molecule has 1 unspecified atom stereocenters. The van der Waals surface area contributed by atoms with E-state index in [0.29, 0.717) is 6.04 Å². The molecule has 2 heterocycles. The standard InChI is InChI=1S/C15H27N3S/c1-5-16-9-12-7-6-8-18(12)10-14-17-13(11-19-14)15(2,3)4/h11-12,16H,5-10H2,1-4H3. The molecule has 1 saturated heterocycles. The van der Waals surface area contributed by atoms with Crippen molar-refractivity contribution in [3.8, 4) is 0 Å². The van der Waals surface area contributed by atoms with Gasteiger partial charge < -0.3 is 5.32 Å². The monoisotopic (exact) mass is 281 g/mol. The highest BCUT2D eigenvalue weighted by molar-refractivity contribution is 7.09. The molecular weight excluding hydrogens is 254 g/mol. The predicted octanol–water partition coefficient (Wildman–Crippen LogP) is 3.01. The van der Waals surface area contributed by atoms with E-state index >= 15 is 0 Å². The Kier molecular flexibility index (Phi) is 4.98. The fourth-order valence-corrected chi connectivity index (χ4v) is 3.59. The van der Waals surface area contributed by atoms with Crippen LogP contribution in [0.25, 0.3) is 0 Å². The first-order chi connectivity index (χ1) is 9.00. The zero-order valence-corrected chi connectivity index (χ0v) is 13.5. The summed E-state index contributed by atoms with van der Waals surface area (Å²) in [5, 5.41) is 6.98.